The topological polar surface area (TPSA) is 99.4 Å². The van der Waals surface area contributed by atoms with Crippen LogP contribution in [0, 0.1) is 0 Å². The van der Waals surface area contributed by atoms with E-state index in [-0.39, 0.29) is 17.1 Å². The number of carboxylic acid groups (broad SMARTS) is 1. The molecule has 0 fully saturated rings. The van der Waals surface area contributed by atoms with Crippen molar-refractivity contribution >= 4 is 17.9 Å². The van der Waals surface area contributed by atoms with Crippen LogP contribution in [-0.4, -0.2) is 34.6 Å². The minimum atomic E-state index is -1.24. The predicted octanol–water partition coefficient (Wildman–Crippen LogP) is 2.56. The highest BCUT2D eigenvalue weighted by Gasteiger charge is 2.10. The van der Waals surface area contributed by atoms with Crippen molar-refractivity contribution in [3.05, 3.63) is 47.5 Å². The molecule has 2 rings (SSSR count). The van der Waals surface area contributed by atoms with Crippen LogP contribution in [0.5, 0.6) is 17.2 Å². The van der Waals surface area contributed by atoms with Crippen LogP contribution in [0.2, 0.25) is 0 Å². The molecule has 0 spiro atoms. The number of para-hydroxylation sites is 1. The summed E-state index contributed by atoms with van der Waals surface area (Å²) in [5.74, 6) is -1.31. The molecular formula is C15H13NO5. The number of hydrogen-bond donors (Lipinski definition) is 3. The summed E-state index contributed by atoms with van der Waals surface area (Å²) in [6.07, 6.45) is 1.38. The number of aromatic carboxylic acids is 1. The third-order valence-electron chi connectivity index (χ3n) is 2.81. The number of carboxylic acids is 1. The summed E-state index contributed by atoms with van der Waals surface area (Å²) in [5, 5.41) is 28.2. The van der Waals surface area contributed by atoms with Crippen LogP contribution in [0.1, 0.15) is 15.9 Å². The first kappa shape index (κ1) is 14.4. The Morgan fingerprint density at radius 1 is 1.24 bits per heavy atom. The summed E-state index contributed by atoms with van der Waals surface area (Å²) >= 11 is 0. The number of ether oxygens (including phenoxy) is 1. The van der Waals surface area contributed by atoms with Crippen molar-refractivity contribution in [1.29, 1.82) is 0 Å². The van der Waals surface area contributed by atoms with Crippen LogP contribution >= 0.6 is 0 Å². The Morgan fingerprint density at radius 3 is 2.67 bits per heavy atom. The number of hydrogen-bond acceptors (Lipinski definition) is 5. The van der Waals surface area contributed by atoms with Crippen molar-refractivity contribution < 1.29 is 24.9 Å². The number of aromatic hydroxyl groups is 2. The first-order valence-corrected chi connectivity index (χ1v) is 5.99. The lowest BCUT2D eigenvalue weighted by molar-refractivity contribution is 0.0694. The van der Waals surface area contributed by atoms with Crippen LogP contribution in [-0.2, 0) is 0 Å². The van der Waals surface area contributed by atoms with E-state index < -0.39 is 5.97 Å². The van der Waals surface area contributed by atoms with Gasteiger partial charge in [0.15, 0.2) is 11.5 Å². The quantitative estimate of drug-likeness (QED) is 0.750. The largest absolute Gasteiger partial charge is 0.507 e. The van der Waals surface area contributed by atoms with Gasteiger partial charge < -0.3 is 20.1 Å². The molecule has 0 aromatic heterocycles. The smallest absolute Gasteiger partial charge is 0.339 e. The molecule has 6 heteroatoms. The highest BCUT2D eigenvalue weighted by Crippen LogP contribution is 2.29. The van der Waals surface area contributed by atoms with Crippen LogP contribution in [0.3, 0.4) is 0 Å². The maximum absolute atomic E-state index is 10.9. The third kappa shape index (κ3) is 3.11. The number of methoxy groups -OCH3 is 1. The van der Waals surface area contributed by atoms with E-state index in [4.69, 9.17) is 9.84 Å². The molecule has 6 nitrogen and oxygen atoms in total. The second kappa shape index (κ2) is 5.96. The molecule has 0 aliphatic heterocycles. The summed E-state index contributed by atoms with van der Waals surface area (Å²) in [5.41, 5.74) is 0.534. The van der Waals surface area contributed by atoms with Gasteiger partial charge in [0.1, 0.15) is 11.3 Å². The highest BCUT2D eigenvalue weighted by molar-refractivity contribution is 5.92. The van der Waals surface area contributed by atoms with Crippen molar-refractivity contribution in [2.75, 3.05) is 7.11 Å². The van der Waals surface area contributed by atoms with Crippen LogP contribution in [0.15, 0.2) is 41.4 Å². The normalized spacial score (nSPS) is 10.7. The molecule has 2 aromatic carbocycles. The van der Waals surface area contributed by atoms with Gasteiger partial charge in [-0.15, -0.1) is 0 Å². The Kier molecular flexibility index (Phi) is 4.08. The van der Waals surface area contributed by atoms with Crippen molar-refractivity contribution in [3.8, 4) is 17.2 Å². The number of rotatable bonds is 4. The van der Waals surface area contributed by atoms with Crippen molar-refractivity contribution in [3.63, 3.8) is 0 Å². The van der Waals surface area contributed by atoms with Crippen LogP contribution < -0.4 is 4.74 Å². The minimum absolute atomic E-state index is 0.0546. The van der Waals surface area contributed by atoms with E-state index in [0.29, 0.717) is 17.0 Å². The Hall–Kier alpha value is -3.02. The molecule has 2 aromatic rings. The lowest BCUT2D eigenvalue weighted by atomic mass is 10.1. The molecular weight excluding hydrogens is 274 g/mol. The molecule has 0 heterocycles. The van der Waals surface area contributed by atoms with Gasteiger partial charge >= 0.3 is 5.97 Å². The molecule has 0 saturated carbocycles. The standard InChI is InChI=1S/C15H13NO5/c1-21-13-4-2-3-9(14(13)18)8-16-10-5-6-12(17)11(7-10)15(19)20/h2-8,17-18H,1H3,(H,19,20). The maximum atomic E-state index is 10.9. The van der Waals surface area contributed by atoms with Gasteiger partial charge in [0.25, 0.3) is 0 Å². The molecule has 3 N–H and O–H groups in total. The molecule has 0 unspecified atom stereocenters. The number of carbonyl (C=O) groups is 1. The van der Waals surface area contributed by atoms with Crippen molar-refractivity contribution in [2.24, 2.45) is 4.99 Å². The second-order valence-corrected chi connectivity index (χ2v) is 4.16. The van der Waals surface area contributed by atoms with E-state index in [1.165, 1.54) is 31.5 Å². The maximum Gasteiger partial charge on any atom is 0.339 e. The molecule has 0 aliphatic rings. The SMILES string of the molecule is COc1cccc(C=Nc2ccc(O)c(C(=O)O)c2)c1O. The molecule has 0 radical (unpaired) electrons. The number of aliphatic imine (C=N–C) groups is 1. The summed E-state index contributed by atoms with van der Waals surface area (Å²) in [6, 6.07) is 8.90. The zero-order valence-electron chi connectivity index (χ0n) is 11.1. The number of phenols is 2. The van der Waals surface area contributed by atoms with Gasteiger partial charge in [-0.25, -0.2) is 4.79 Å². The van der Waals surface area contributed by atoms with Gasteiger partial charge in [-0.1, -0.05) is 6.07 Å². The first-order valence-electron chi connectivity index (χ1n) is 5.99. The molecule has 108 valence electrons. The fourth-order valence-electron chi connectivity index (χ4n) is 1.73. The fraction of sp³-hybridized carbons (Fsp3) is 0.0667. The molecule has 0 saturated heterocycles. The average Bonchev–Trinajstić information content (AvgIpc) is 2.47. The van der Waals surface area contributed by atoms with Crippen molar-refractivity contribution in [1.82, 2.24) is 0 Å². The van der Waals surface area contributed by atoms with E-state index in [9.17, 15) is 15.0 Å². The van der Waals surface area contributed by atoms with E-state index >= 15 is 0 Å². The van der Waals surface area contributed by atoms with Gasteiger partial charge in [-0.05, 0) is 30.3 Å². The van der Waals surface area contributed by atoms with E-state index in [0.717, 1.165) is 0 Å². The highest BCUT2D eigenvalue weighted by atomic mass is 16.5. The second-order valence-electron chi connectivity index (χ2n) is 4.16. The lowest BCUT2D eigenvalue weighted by Gasteiger charge is -2.05. The molecule has 0 aliphatic carbocycles. The van der Waals surface area contributed by atoms with E-state index in [2.05, 4.69) is 4.99 Å². The Morgan fingerprint density at radius 2 is 2.00 bits per heavy atom. The van der Waals surface area contributed by atoms with Gasteiger partial charge in [-0.2, -0.15) is 0 Å². The number of phenolic OH excluding ortho intramolecular Hbond substituents is 1. The zero-order valence-corrected chi connectivity index (χ0v) is 11.1. The Labute approximate surface area is 120 Å². The molecule has 0 bridgehead atoms. The number of benzene rings is 2. The molecule has 0 amide bonds. The van der Waals surface area contributed by atoms with Crippen LogP contribution in [0.25, 0.3) is 0 Å². The van der Waals surface area contributed by atoms with Gasteiger partial charge in [-0.3, -0.25) is 4.99 Å². The van der Waals surface area contributed by atoms with Gasteiger partial charge in [0.05, 0.1) is 12.8 Å². The van der Waals surface area contributed by atoms with Crippen LogP contribution in [0.4, 0.5) is 5.69 Å². The van der Waals surface area contributed by atoms with E-state index in [1.807, 2.05) is 0 Å². The summed E-state index contributed by atoms with van der Waals surface area (Å²) in [4.78, 5) is 15.0. The minimum Gasteiger partial charge on any atom is -0.507 e. The molecule has 21 heavy (non-hydrogen) atoms. The summed E-state index contributed by atoms with van der Waals surface area (Å²) < 4.78 is 4.98. The predicted molar refractivity (Wildman–Crippen MR) is 77.0 cm³/mol. The van der Waals surface area contributed by atoms with E-state index in [1.54, 1.807) is 18.2 Å². The third-order valence-corrected chi connectivity index (χ3v) is 2.81. The fourth-order valence-corrected chi connectivity index (χ4v) is 1.73. The van der Waals surface area contributed by atoms with Crippen molar-refractivity contribution in [2.45, 2.75) is 0 Å². The Bertz CT molecular complexity index is 709. The first-order chi connectivity index (χ1) is 10.0. The van der Waals surface area contributed by atoms with Gasteiger partial charge in [0.2, 0.25) is 0 Å². The summed E-state index contributed by atoms with van der Waals surface area (Å²) in [6.45, 7) is 0. The zero-order chi connectivity index (χ0) is 15.4. The monoisotopic (exact) mass is 287 g/mol. The molecule has 0 atom stereocenters. The van der Waals surface area contributed by atoms with Gasteiger partial charge in [0, 0.05) is 11.8 Å². The Balaban J connectivity index is 2.34. The average molecular weight is 287 g/mol. The number of nitrogens with zero attached hydrogens (tertiary/aromatic N) is 1. The summed E-state index contributed by atoms with van der Waals surface area (Å²) in [7, 11) is 1.44. The lowest BCUT2D eigenvalue weighted by Crippen LogP contribution is -1.96.